The molecule has 1 aliphatic heterocycles. The van der Waals surface area contributed by atoms with E-state index in [4.69, 9.17) is 14.2 Å². The van der Waals surface area contributed by atoms with Gasteiger partial charge in [-0.15, -0.1) is 0 Å². The van der Waals surface area contributed by atoms with E-state index in [9.17, 15) is 19.5 Å². The van der Waals surface area contributed by atoms with Gasteiger partial charge in [-0.25, -0.2) is 9.59 Å². The van der Waals surface area contributed by atoms with Gasteiger partial charge in [0, 0.05) is 30.9 Å². The molecule has 1 fully saturated rings. The lowest BCUT2D eigenvalue weighted by molar-refractivity contribution is -0.152. The number of rotatable bonds is 4. The van der Waals surface area contributed by atoms with Gasteiger partial charge >= 0.3 is 17.9 Å². The maximum Gasteiger partial charge on any atom is 0.334 e. The van der Waals surface area contributed by atoms with Crippen molar-refractivity contribution in [2.75, 3.05) is 6.61 Å². The van der Waals surface area contributed by atoms with Gasteiger partial charge in [-0.2, -0.15) is 0 Å². The molecule has 0 aromatic carbocycles. The fourth-order valence-electron chi connectivity index (χ4n) is 3.65. The first-order valence-electron chi connectivity index (χ1n) is 9.81. The topological polar surface area (TPSA) is 99.1 Å². The third-order valence-electron chi connectivity index (χ3n) is 5.42. The largest absolute Gasteiger partial charge is 0.461 e. The quantitative estimate of drug-likeness (QED) is 0.332. The van der Waals surface area contributed by atoms with E-state index in [1.54, 1.807) is 26.8 Å². The van der Waals surface area contributed by atoms with Crippen LogP contribution in [-0.4, -0.2) is 47.4 Å². The minimum absolute atomic E-state index is 0.0762. The van der Waals surface area contributed by atoms with Crippen LogP contribution < -0.4 is 0 Å². The summed E-state index contributed by atoms with van der Waals surface area (Å²) in [6.07, 6.45) is 3.61. The minimum atomic E-state index is -1.13. The second kappa shape index (κ2) is 9.39. The molecule has 2 rings (SSSR count). The molecule has 0 saturated carbocycles. The standard InChI is InChI=1S/C22H30O7/c1-6-13(2)20(24)29-18-11-22(5,26)9-7-8-16(12-27-15(4)23)10-17-19(18)14(3)21(25)28-17/h6,8,17-19,26H,3,7,9-12H2,1-2,4-5H3. The van der Waals surface area contributed by atoms with Crippen molar-refractivity contribution in [1.29, 1.82) is 0 Å². The molecule has 4 atom stereocenters. The summed E-state index contributed by atoms with van der Waals surface area (Å²) in [5.41, 5.74) is 0.301. The Balaban J connectivity index is 2.38. The van der Waals surface area contributed by atoms with Gasteiger partial charge in [-0.05, 0) is 39.2 Å². The van der Waals surface area contributed by atoms with Crippen LogP contribution in [0.5, 0.6) is 0 Å². The number of carbonyl (C=O) groups excluding carboxylic acids is 3. The first-order valence-corrected chi connectivity index (χ1v) is 9.81. The molecule has 1 aliphatic carbocycles. The fraction of sp³-hybridized carbons (Fsp3) is 0.591. The summed E-state index contributed by atoms with van der Waals surface area (Å²) in [5.74, 6) is -2.06. The van der Waals surface area contributed by atoms with Crippen molar-refractivity contribution in [3.05, 3.63) is 35.5 Å². The van der Waals surface area contributed by atoms with E-state index in [2.05, 4.69) is 6.58 Å². The Labute approximate surface area is 171 Å². The van der Waals surface area contributed by atoms with Crippen LogP contribution in [0.15, 0.2) is 35.5 Å². The van der Waals surface area contributed by atoms with Gasteiger partial charge in [0.25, 0.3) is 0 Å². The lowest BCUT2D eigenvalue weighted by Crippen LogP contribution is -2.41. The molecule has 0 amide bonds. The Hall–Kier alpha value is -2.41. The van der Waals surface area contributed by atoms with Crippen molar-refractivity contribution in [1.82, 2.24) is 0 Å². The number of hydrogen-bond acceptors (Lipinski definition) is 7. The van der Waals surface area contributed by atoms with Crippen LogP contribution in [0.4, 0.5) is 0 Å². The highest BCUT2D eigenvalue weighted by Gasteiger charge is 2.47. The predicted molar refractivity (Wildman–Crippen MR) is 106 cm³/mol. The zero-order valence-electron chi connectivity index (χ0n) is 17.5. The molecule has 4 unspecified atom stereocenters. The molecule has 7 nitrogen and oxygen atoms in total. The Bertz CT molecular complexity index is 744. The van der Waals surface area contributed by atoms with Gasteiger partial charge in [0.15, 0.2) is 0 Å². The summed E-state index contributed by atoms with van der Waals surface area (Å²) in [7, 11) is 0. The molecule has 0 radical (unpaired) electrons. The van der Waals surface area contributed by atoms with Crippen LogP contribution in [0.3, 0.4) is 0 Å². The molecular weight excluding hydrogens is 376 g/mol. The van der Waals surface area contributed by atoms with Crippen LogP contribution in [0.1, 0.15) is 53.4 Å². The van der Waals surface area contributed by atoms with Gasteiger partial charge in [-0.1, -0.05) is 18.7 Å². The van der Waals surface area contributed by atoms with Gasteiger partial charge < -0.3 is 19.3 Å². The number of ether oxygens (including phenoxy) is 3. The Morgan fingerprint density at radius 1 is 1.41 bits per heavy atom. The molecule has 2 aliphatic rings. The highest BCUT2D eigenvalue weighted by molar-refractivity contribution is 5.91. The van der Waals surface area contributed by atoms with Crippen LogP contribution in [0, 0.1) is 5.92 Å². The van der Waals surface area contributed by atoms with Gasteiger partial charge in [0.1, 0.15) is 18.8 Å². The molecule has 0 aromatic heterocycles. The molecule has 1 saturated heterocycles. The number of allylic oxidation sites excluding steroid dienone is 2. The minimum Gasteiger partial charge on any atom is -0.461 e. The van der Waals surface area contributed by atoms with Crippen LogP contribution in [0.25, 0.3) is 0 Å². The van der Waals surface area contributed by atoms with E-state index in [1.165, 1.54) is 6.92 Å². The van der Waals surface area contributed by atoms with E-state index < -0.39 is 41.6 Å². The number of hydrogen-bond donors (Lipinski definition) is 1. The van der Waals surface area contributed by atoms with Crippen molar-refractivity contribution in [2.24, 2.45) is 5.92 Å². The molecule has 29 heavy (non-hydrogen) atoms. The Morgan fingerprint density at radius 2 is 2.10 bits per heavy atom. The van der Waals surface area contributed by atoms with Crippen LogP contribution >= 0.6 is 0 Å². The summed E-state index contributed by atoms with van der Waals surface area (Å²) in [4.78, 5) is 35.9. The number of esters is 3. The third-order valence-corrected chi connectivity index (χ3v) is 5.42. The lowest BCUT2D eigenvalue weighted by atomic mass is 9.80. The van der Waals surface area contributed by atoms with Crippen molar-refractivity contribution in [2.45, 2.75) is 71.2 Å². The molecule has 1 N–H and O–H groups in total. The number of carbonyl (C=O) groups is 3. The maximum atomic E-state index is 12.4. The maximum absolute atomic E-state index is 12.4. The molecule has 7 heteroatoms. The van der Waals surface area contributed by atoms with Gasteiger partial charge in [0.2, 0.25) is 0 Å². The number of fused-ring (bicyclic) bond motifs is 1. The fourth-order valence-corrected chi connectivity index (χ4v) is 3.65. The van der Waals surface area contributed by atoms with Crippen molar-refractivity contribution in [3.63, 3.8) is 0 Å². The smallest absolute Gasteiger partial charge is 0.334 e. The van der Waals surface area contributed by atoms with Crippen LogP contribution in [0.2, 0.25) is 0 Å². The molecule has 0 spiro atoms. The van der Waals surface area contributed by atoms with E-state index >= 15 is 0 Å². The molecule has 0 bridgehead atoms. The van der Waals surface area contributed by atoms with E-state index in [-0.39, 0.29) is 18.6 Å². The van der Waals surface area contributed by atoms with Crippen molar-refractivity contribution < 1.29 is 33.7 Å². The SMILES string of the molecule is C=C1C(=O)OC2CC(COC(C)=O)=CCCC(C)(O)CC(OC(=O)C(C)=CC)C12. The van der Waals surface area contributed by atoms with Crippen molar-refractivity contribution in [3.8, 4) is 0 Å². The molecule has 1 heterocycles. The highest BCUT2D eigenvalue weighted by atomic mass is 16.6. The average Bonchev–Trinajstić information content (AvgIpc) is 2.91. The monoisotopic (exact) mass is 406 g/mol. The molecule has 160 valence electrons. The number of aliphatic hydroxyl groups is 1. The lowest BCUT2D eigenvalue weighted by Gasteiger charge is -2.34. The second-order valence-corrected chi connectivity index (χ2v) is 8.00. The van der Waals surface area contributed by atoms with Crippen molar-refractivity contribution >= 4 is 17.9 Å². The normalized spacial score (nSPS) is 30.7. The summed E-state index contributed by atoms with van der Waals surface area (Å²) in [6.45, 7) is 10.3. The van der Waals surface area contributed by atoms with Crippen LogP contribution in [-0.2, 0) is 28.6 Å². The Morgan fingerprint density at radius 3 is 2.72 bits per heavy atom. The van der Waals surface area contributed by atoms with E-state index in [0.717, 1.165) is 5.57 Å². The summed E-state index contributed by atoms with van der Waals surface area (Å²) in [5, 5.41) is 10.9. The second-order valence-electron chi connectivity index (χ2n) is 8.00. The van der Waals surface area contributed by atoms with Gasteiger partial charge in [-0.3, -0.25) is 4.79 Å². The summed E-state index contributed by atoms with van der Waals surface area (Å²) in [6, 6.07) is 0. The third kappa shape index (κ3) is 6.03. The Kier molecular flexibility index (Phi) is 7.41. The predicted octanol–water partition coefficient (Wildman–Crippen LogP) is 2.78. The van der Waals surface area contributed by atoms with E-state index in [1.807, 2.05) is 6.08 Å². The summed E-state index contributed by atoms with van der Waals surface area (Å²) >= 11 is 0. The highest BCUT2D eigenvalue weighted by Crippen LogP contribution is 2.39. The summed E-state index contributed by atoms with van der Waals surface area (Å²) < 4.78 is 16.3. The first-order chi connectivity index (χ1) is 13.5. The zero-order chi connectivity index (χ0) is 21.8. The average molecular weight is 406 g/mol. The first kappa shape index (κ1) is 22.9. The van der Waals surface area contributed by atoms with E-state index in [0.29, 0.717) is 24.8 Å². The molecule has 0 aromatic rings. The zero-order valence-corrected chi connectivity index (χ0v) is 17.5. The van der Waals surface area contributed by atoms with Gasteiger partial charge in [0.05, 0.1) is 11.5 Å². The molecular formula is C22H30O7.